The summed E-state index contributed by atoms with van der Waals surface area (Å²) < 4.78 is 32.8. The molecule has 1 amide bonds. The van der Waals surface area contributed by atoms with Gasteiger partial charge in [0.1, 0.15) is 5.75 Å². The van der Waals surface area contributed by atoms with Gasteiger partial charge in [-0.25, -0.2) is 13.1 Å². The molecule has 2 N–H and O–H groups in total. The fraction of sp³-hybridized carbons (Fsp3) is 0.300. The lowest BCUT2D eigenvalue weighted by atomic mass is 10.1. The van der Waals surface area contributed by atoms with E-state index in [1.165, 1.54) is 31.2 Å². The van der Waals surface area contributed by atoms with Crippen molar-refractivity contribution in [2.24, 2.45) is 0 Å². The summed E-state index contributed by atoms with van der Waals surface area (Å²) in [5.41, 5.74) is 0.974. The van der Waals surface area contributed by atoms with E-state index in [-0.39, 0.29) is 22.3 Å². The van der Waals surface area contributed by atoms with Gasteiger partial charge in [-0.2, -0.15) is 0 Å². The van der Waals surface area contributed by atoms with Gasteiger partial charge in [-0.05, 0) is 63.1 Å². The molecule has 7 nitrogen and oxygen atoms in total. The van der Waals surface area contributed by atoms with Crippen LogP contribution in [-0.4, -0.2) is 32.8 Å². The molecule has 0 heterocycles. The second-order valence-electron chi connectivity index (χ2n) is 6.58. The Hall–Kier alpha value is -2.71. The second kappa shape index (κ2) is 8.12. The van der Waals surface area contributed by atoms with Crippen molar-refractivity contribution in [2.45, 2.75) is 37.6 Å². The van der Waals surface area contributed by atoms with Crippen LogP contribution in [0.1, 0.15) is 47.4 Å². The Bertz CT molecular complexity index is 1010. The number of carbonyl (C=O) groups excluding carboxylic acids is 2. The molecule has 1 fully saturated rings. The molecule has 0 unspecified atom stereocenters. The molecule has 28 heavy (non-hydrogen) atoms. The molecule has 148 valence electrons. The first-order valence-electron chi connectivity index (χ1n) is 9.01. The quantitative estimate of drug-likeness (QED) is 0.661. The van der Waals surface area contributed by atoms with E-state index >= 15 is 0 Å². The Labute approximate surface area is 164 Å². The van der Waals surface area contributed by atoms with E-state index in [2.05, 4.69) is 10.0 Å². The van der Waals surface area contributed by atoms with E-state index in [0.29, 0.717) is 23.6 Å². The molecule has 1 aliphatic carbocycles. The predicted molar refractivity (Wildman–Crippen MR) is 105 cm³/mol. The fourth-order valence-electron chi connectivity index (χ4n) is 2.62. The number of rotatable bonds is 8. The van der Waals surface area contributed by atoms with Gasteiger partial charge in [-0.3, -0.25) is 9.59 Å². The van der Waals surface area contributed by atoms with Gasteiger partial charge in [-0.15, -0.1) is 0 Å². The van der Waals surface area contributed by atoms with Gasteiger partial charge in [-0.1, -0.05) is 6.07 Å². The monoisotopic (exact) mass is 402 g/mol. The predicted octanol–water partition coefficient (Wildman–Crippen LogP) is 2.98. The van der Waals surface area contributed by atoms with Crippen LogP contribution in [0.5, 0.6) is 5.75 Å². The number of ether oxygens (including phenoxy) is 1. The maximum atomic E-state index is 12.7. The van der Waals surface area contributed by atoms with Crippen LogP contribution in [0.4, 0.5) is 5.69 Å². The zero-order valence-corrected chi connectivity index (χ0v) is 16.5. The molecule has 0 spiro atoms. The number of ketones is 1. The van der Waals surface area contributed by atoms with Gasteiger partial charge in [0.25, 0.3) is 5.91 Å². The fourth-order valence-corrected chi connectivity index (χ4v) is 3.97. The van der Waals surface area contributed by atoms with E-state index in [4.69, 9.17) is 4.74 Å². The molecule has 2 aromatic rings. The highest BCUT2D eigenvalue weighted by Crippen LogP contribution is 2.27. The minimum Gasteiger partial charge on any atom is -0.492 e. The minimum absolute atomic E-state index is 0.0226. The van der Waals surface area contributed by atoms with Crippen molar-refractivity contribution >= 4 is 27.4 Å². The first-order chi connectivity index (χ1) is 13.3. The van der Waals surface area contributed by atoms with Gasteiger partial charge < -0.3 is 10.1 Å². The van der Waals surface area contributed by atoms with Crippen LogP contribution in [0.15, 0.2) is 47.4 Å². The molecule has 0 aromatic heterocycles. The summed E-state index contributed by atoms with van der Waals surface area (Å²) in [6.45, 7) is 3.64. The third-order valence-corrected chi connectivity index (χ3v) is 5.76. The highest BCUT2D eigenvalue weighted by atomic mass is 32.2. The van der Waals surface area contributed by atoms with Crippen LogP contribution >= 0.6 is 0 Å². The summed E-state index contributed by atoms with van der Waals surface area (Å²) in [5, 5.41) is 2.71. The van der Waals surface area contributed by atoms with Gasteiger partial charge in [0, 0.05) is 17.2 Å². The molecule has 0 radical (unpaired) electrons. The van der Waals surface area contributed by atoms with Crippen molar-refractivity contribution in [3.8, 4) is 5.75 Å². The number of anilines is 1. The minimum atomic E-state index is -3.66. The lowest BCUT2D eigenvalue weighted by Crippen LogP contribution is -2.26. The normalized spacial score (nSPS) is 13.8. The number of amides is 1. The molecule has 1 aliphatic rings. The smallest absolute Gasteiger partial charge is 0.255 e. The van der Waals surface area contributed by atoms with Crippen molar-refractivity contribution < 1.29 is 22.7 Å². The first kappa shape index (κ1) is 20.0. The zero-order chi connectivity index (χ0) is 20.3. The Balaban J connectivity index is 1.86. The number of hydrogen-bond acceptors (Lipinski definition) is 5. The van der Waals surface area contributed by atoms with Crippen LogP contribution in [0.25, 0.3) is 0 Å². The molecule has 3 rings (SSSR count). The molecule has 2 aromatic carbocycles. The Morgan fingerprint density at radius 2 is 1.86 bits per heavy atom. The largest absolute Gasteiger partial charge is 0.492 e. The van der Waals surface area contributed by atoms with Crippen molar-refractivity contribution in [3.05, 3.63) is 53.6 Å². The summed E-state index contributed by atoms with van der Waals surface area (Å²) in [6, 6.07) is 10.6. The van der Waals surface area contributed by atoms with Crippen molar-refractivity contribution in [1.29, 1.82) is 0 Å². The zero-order valence-electron chi connectivity index (χ0n) is 15.7. The second-order valence-corrected chi connectivity index (χ2v) is 8.29. The average Bonchev–Trinajstić information content (AvgIpc) is 3.46. The van der Waals surface area contributed by atoms with E-state index in [9.17, 15) is 18.0 Å². The van der Waals surface area contributed by atoms with Crippen LogP contribution in [0.3, 0.4) is 0 Å². The molecule has 0 bridgehead atoms. The third kappa shape index (κ3) is 4.76. The number of hydrogen-bond donors (Lipinski definition) is 2. The van der Waals surface area contributed by atoms with E-state index in [1.54, 1.807) is 18.2 Å². The van der Waals surface area contributed by atoms with E-state index in [0.717, 1.165) is 12.8 Å². The highest BCUT2D eigenvalue weighted by Gasteiger charge is 2.28. The number of nitrogens with one attached hydrogen (secondary N) is 2. The summed E-state index contributed by atoms with van der Waals surface area (Å²) >= 11 is 0. The highest BCUT2D eigenvalue weighted by molar-refractivity contribution is 7.89. The summed E-state index contributed by atoms with van der Waals surface area (Å²) in [7, 11) is -3.66. The molecular formula is C20H22N2O5S. The standard InChI is InChI=1S/C20H22N2O5S/c1-3-27-19-10-7-14(13(2)23)12-18(19)21-20(24)15-5-4-6-17(11-15)28(25,26)22-16-8-9-16/h4-7,10-12,16,22H,3,8-9H2,1-2H3,(H,21,24). The summed E-state index contributed by atoms with van der Waals surface area (Å²) in [5.74, 6) is -0.206. The molecule has 0 atom stereocenters. The van der Waals surface area contributed by atoms with Crippen LogP contribution in [0.2, 0.25) is 0 Å². The Morgan fingerprint density at radius 1 is 1.11 bits per heavy atom. The lowest BCUT2D eigenvalue weighted by molar-refractivity contribution is 0.101. The van der Waals surface area contributed by atoms with Crippen LogP contribution in [-0.2, 0) is 10.0 Å². The third-order valence-electron chi connectivity index (χ3n) is 4.24. The van der Waals surface area contributed by atoms with E-state index in [1.807, 2.05) is 6.92 Å². The van der Waals surface area contributed by atoms with E-state index < -0.39 is 15.9 Å². The van der Waals surface area contributed by atoms with Gasteiger partial charge in [0.15, 0.2) is 5.78 Å². The molecular weight excluding hydrogens is 380 g/mol. The number of sulfonamides is 1. The SMILES string of the molecule is CCOc1ccc(C(C)=O)cc1NC(=O)c1cccc(S(=O)(=O)NC2CC2)c1. The van der Waals surface area contributed by atoms with Gasteiger partial charge >= 0.3 is 0 Å². The number of carbonyl (C=O) groups is 2. The number of benzene rings is 2. The van der Waals surface area contributed by atoms with Crippen molar-refractivity contribution in [2.75, 3.05) is 11.9 Å². The van der Waals surface area contributed by atoms with Crippen molar-refractivity contribution in [1.82, 2.24) is 4.72 Å². The van der Waals surface area contributed by atoms with Crippen molar-refractivity contribution in [3.63, 3.8) is 0 Å². The van der Waals surface area contributed by atoms with Crippen LogP contribution < -0.4 is 14.8 Å². The molecule has 0 aliphatic heterocycles. The summed E-state index contributed by atoms with van der Waals surface area (Å²) in [6.07, 6.45) is 1.65. The molecule has 0 saturated heterocycles. The maximum absolute atomic E-state index is 12.7. The summed E-state index contributed by atoms with van der Waals surface area (Å²) in [4.78, 5) is 24.4. The Kier molecular flexibility index (Phi) is 5.81. The Morgan fingerprint density at radius 3 is 2.50 bits per heavy atom. The molecule has 1 saturated carbocycles. The average molecular weight is 402 g/mol. The lowest BCUT2D eigenvalue weighted by Gasteiger charge is -2.13. The maximum Gasteiger partial charge on any atom is 0.255 e. The number of Topliss-reactive ketones (excluding diaryl/α,β-unsaturated/α-hetero) is 1. The first-order valence-corrected chi connectivity index (χ1v) is 10.5. The van der Waals surface area contributed by atoms with Gasteiger partial charge in [0.2, 0.25) is 10.0 Å². The molecule has 8 heteroatoms. The van der Waals surface area contributed by atoms with Gasteiger partial charge in [0.05, 0.1) is 17.2 Å². The van der Waals surface area contributed by atoms with Crippen LogP contribution in [0, 0.1) is 0 Å². The topological polar surface area (TPSA) is 102 Å².